The predicted molar refractivity (Wildman–Crippen MR) is 145 cm³/mol. The van der Waals surface area contributed by atoms with Gasteiger partial charge in [-0.2, -0.15) is 0 Å². The van der Waals surface area contributed by atoms with Crippen LogP contribution in [0.15, 0.2) is 116 Å². The molecule has 6 rings (SSSR count). The van der Waals surface area contributed by atoms with Crippen molar-refractivity contribution in [3.05, 3.63) is 127 Å². The van der Waals surface area contributed by atoms with Gasteiger partial charge >= 0.3 is 0 Å². The van der Waals surface area contributed by atoms with E-state index in [0.717, 1.165) is 22.5 Å². The van der Waals surface area contributed by atoms with Crippen molar-refractivity contribution in [2.75, 3.05) is 4.90 Å². The average Bonchev–Trinajstić information content (AvgIpc) is 2.89. The zero-order valence-electron chi connectivity index (χ0n) is 18.3. The molecule has 33 heavy (non-hydrogen) atoms. The Morgan fingerprint density at radius 3 is 1.52 bits per heavy atom. The Morgan fingerprint density at radius 1 is 0.485 bits per heavy atom. The summed E-state index contributed by atoms with van der Waals surface area (Å²) in [7, 11) is 0. The van der Waals surface area contributed by atoms with Crippen LogP contribution in [0.4, 0.5) is 17.1 Å². The lowest BCUT2D eigenvalue weighted by atomic mass is 9.93. The molecule has 0 aliphatic rings. The van der Waals surface area contributed by atoms with E-state index in [-0.39, 0.29) is 0 Å². The van der Waals surface area contributed by atoms with Crippen molar-refractivity contribution in [3.8, 4) is 0 Å². The summed E-state index contributed by atoms with van der Waals surface area (Å²) in [6, 6.07) is 37.1. The fourth-order valence-corrected chi connectivity index (χ4v) is 4.86. The topological polar surface area (TPSA) is 3.24 Å². The summed E-state index contributed by atoms with van der Waals surface area (Å²) in [6.45, 7) is 7.81. The van der Waals surface area contributed by atoms with Gasteiger partial charge in [-0.1, -0.05) is 98.1 Å². The molecule has 0 unspecified atom stereocenters. The van der Waals surface area contributed by atoms with Crippen molar-refractivity contribution < 1.29 is 0 Å². The maximum absolute atomic E-state index is 3.91. The molecule has 0 aliphatic carbocycles. The molecular formula is C32H23N. The van der Waals surface area contributed by atoms with Crippen LogP contribution < -0.4 is 4.90 Å². The van der Waals surface area contributed by atoms with Crippen molar-refractivity contribution in [3.63, 3.8) is 0 Å². The molecule has 156 valence electrons. The fourth-order valence-electron chi connectivity index (χ4n) is 4.86. The van der Waals surface area contributed by atoms with Crippen LogP contribution in [0.5, 0.6) is 0 Å². The lowest BCUT2D eigenvalue weighted by Gasteiger charge is -2.28. The molecule has 0 amide bonds. The van der Waals surface area contributed by atoms with E-state index in [0.29, 0.717) is 0 Å². The normalized spacial score (nSPS) is 11.3. The highest BCUT2D eigenvalue weighted by molar-refractivity contribution is 6.25. The zero-order valence-corrected chi connectivity index (χ0v) is 18.3. The van der Waals surface area contributed by atoms with Crippen LogP contribution in [0.2, 0.25) is 0 Å². The van der Waals surface area contributed by atoms with Crippen molar-refractivity contribution >= 4 is 61.5 Å². The molecule has 6 aromatic carbocycles. The van der Waals surface area contributed by atoms with Gasteiger partial charge in [-0.25, -0.2) is 0 Å². The van der Waals surface area contributed by atoms with Crippen molar-refractivity contribution in [2.24, 2.45) is 0 Å². The Morgan fingerprint density at radius 2 is 0.970 bits per heavy atom. The number of nitrogens with zero attached hydrogens (tertiary/aromatic N) is 1. The van der Waals surface area contributed by atoms with E-state index in [1.54, 1.807) is 0 Å². The van der Waals surface area contributed by atoms with E-state index in [1.165, 1.54) is 38.0 Å². The number of hydrogen-bond donors (Lipinski definition) is 0. The van der Waals surface area contributed by atoms with E-state index in [1.807, 2.05) is 12.2 Å². The lowest BCUT2D eigenvalue weighted by molar-refractivity contribution is 1.30. The van der Waals surface area contributed by atoms with Crippen molar-refractivity contribution in [1.29, 1.82) is 0 Å². The minimum atomic E-state index is 1.11. The van der Waals surface area contributed by atoms with Gasteiger partial charge in [-0.3, -0.25) is 0 Å². The molecule has 0 aliphatic heterocycles. The minimum absolute atomic E-state index is 1.11. The molecule has 0 N–H and O–H groups in total. The third kappa shape index (κ3) is 3.09. The smallest absolute Gasteiger partial charge is 0.0540 e. The summed E-state index contributed by atoms with van der Waals surface area (Å²) >= 11 is 0. The van der Waals surface area contributed by atoms with Gasteiger partial charge in [0, 0.05) is 16.8 Å². The third-order valence-corrected chi connectivity index (χ3v) is 6.52. The molecular weight excluding hydrogens is 398 g/mol. The van der Waals surface area contributed by atoms with Gasteiger partial charge in [0.1, 0.15) is 0 Å². The van der Waals surface area contributed by atoms with Gasteiger partial charge < -0.3 is 4.90 Å². The maximum Gasteiger partial charge on any atom is 0.0540 e. The van der Waals surface area contributed by atoms with Crippen LogP contribution in [0, 0.1) is 0 Å². The molecule has 0 radical (unpaired) electrons. The number of benzene rings is 6. The van der Waals surface area contributed by atoms with Crippen molar-refractivity contribution in [1.82, 2.24) is 0 Å². The van der Waals surface area contributed by atoms with Gasteiger partial charge in [0.25, 0.3) is 0 Å². The molecule has 0 heterocycles. The number of hydrogen-bond acceptors (Lipinski definition) is 1. The van der Waals surface area contributed by atoms with Crippen LogP contribution in [-0.2, 0) is 0 Å². The molecule has 6 aromatic rings. The standard InChI is InChI=1S/C32H23N/c1-3-22-8-16-27(17-9-22)33(28-18-10-23(4-2)11-19-28)30-21-15-26-13-12-24-6-5-7-25-14-20-29(30)32(26)31(24)25/h3-21H,1-2H2. The van der Waals surface area contributed by atoms with E-state index >= 15 is 0 Å². The average molecular weight is 422 g/mol. The third-order valence-electron chi connectivity index (χ3n) is 6.52. The SMILES string of the molecule is C=Cc1ccc(N(c2ccc(C=C)cc2)c2ccc3ccc4cccc5ccc2c3c45)cc1. The highest BCUT2D eigenvalue weighted by Crippen LogP contribution is 2.43. The zero-order chi connectivity index (χ0) is 22.4. The summed E-state index contributed by atoms with van der Waals surface area (Å²) in [5.41, 5.74) is 5.61. The first-order valence-electron chi connectivity index (χ1n) is 11.2. The first-order valence-corrected chi connectivity index (χ1v) is 11.2. The molecule has 0 saturated heterocycles. The molecule has 0 spiro atoms. The molecule has 0 saturated carbocycles. The van der Waals surface area contributed by atoms with Crippen LogP contribution in [0.3, 0.4) is 0 Å². The Bertz CT molecular complexity index is 1560. The second-order valence-corrected chi connectivity index (χ2v) is 8.37. The molecule has 0 bridgehead atoms. The summed E-state index contributed by atoms with van der Waals surface area (Å²) in [6.07, 6.45) is 3.76. The van der Waals surface area contributed by atoms with Crippen LogP contribution >= 0.6 is 0 Å². The van der Waals surface area contributed by atoms with Gasteiger partial charge in [0.05, 0.1) is 5.69 Å². The summed E-state index contributed by atoms with van der Waals surface area (Å²) in [4.78, 5) is 2.34. The van der Waals surface area contributed by atoms with E-state index in [2.05, 4.69) is 121 Å². The monoisotopic (exact) mass is 421 g/mol. The second-order valence-electron chi connectivity index (χ2n) is 8.37. The Labute approximate surface area is 193 Å². The van der Waals surface area contributed by atoms with E-state index in [4.69, 9.17) is 0 Å². The van der Waals surface area contributed by atoms with Crippen LogP contribution in [0.25, 0.3) is 44.5 Å². The highest BCUT2D eigenvalue weighted by atomic mass is 15.1. The molecule has 1 heteroatoms. The Hall–Kier alpha value is -4.36. The van der Waals surface area contributed by atoms with Crippen LogP contribution in [-0.4, -0.2) is 0 Å². The molecule has 0 fully saturated rings. The molecule has 1 nitrogen and oxygen atoms in total. The number of rotatable bonds is 5. The molecule has 0 aromatic heterocycles. The van der Waals surface area contributed by atoms with E-state index < -0.39 is 0 Å². The first-order chi connectivity index (χ1) is 16.3. The minimum Gasteiger partial charge on any atom is -0.310 e. The summed E-state index contributed by atoms with van der Waals surface area (Å²) in [5.74, 6) is 0. The summed E-state index contributed by atoms with van der Waals surface area (Å²) in [5, 5.41) is 7.72. The predicted octanol–water partition coefficient (Wildman–Crippen LogP) is 9.34. The highest BCUT2D eigenvalue weighted by Gasteiger charge is 2.18. The lowest BCUT2D eigenvalue weighted by Crippen LogP contribution is -2.10. The Balaban J connectivity index is 1.66. The first kappa shape index (κ1) is 19.3. The van der Waals surface area contributed by atoms with Crippen molar-refractivity contribution in [2.45, 2.75) is 0 Å². The summed E-state index contributed by atoms with van der Waals surface area (Å²) < 4.78 is 0. The van der Waals surface area contributed by atoms with Gasteiger partial charge in [-0.15, -0.1) is 0 Å². The largest absolute Gasteiger partial charge is 0.310 e. The van der Waals surface area contributed by atoms with Gasteiger partial charge in [-0.05, 0) is 68.4 Å². The maximum atomic E-state index is 3.91. The molecule has 0 atom stereocenters. The van der Waals surface area contributed by atoms with Gasteiger partial charge in [0.2, 0.25) is 0 Å². The van der Waals surface area contributed by atoms with E-state index in [9.17, 15) is 0 Å². The quantitative estimate of drug-likeness (QED) is 0.251. The van der Waals surface area contributed by atoms with Gasteiger partial charge in [0.15, 0.2) is 0 Å². The van der Waals surface area contributed by atoms with Crippen LogP contribution in [0.1, 0.15) is 11.1 Å². The fraction of sp³-hybridized carbons (Fsp3) is 0. The Kier molecular flexibility index (Phi) is 4.48. The second kappa shape index (κ2) is 7.65. The number of anilines is 3.